The average molecular weight is 834 g/mol. The van der Waals surface area contributed by atoms with Crippen LogP contribution in [0.1, 0.15) is 44.5 Å². The van der Waals surface area contributed by atoms with E-state index < -0.39 is 10.8 Å². The molecule has 0 bridgehead atoms. The van der Waals surface area contributed by atoms with Crippen LogP contribution in [0, 0.1) is 0 Å². The maximum Gasteiger partial charge on any atom is 0.257 e. The molecule has 10 aromatic rings. The highest BCUT2D eigenvalue weighted by atomic mass is 15.2. The van der Waals surface area contributed by atoms with Crippen molar-refractivity contribution < 1.29 is 0 Å². The van der Waals surface area contributed by atoms with Crippen molar-refractivity contribution in [1.29, 1.82) is 0 Å². The van der Waals surface area contributed by atoms with Crippen LogP contribution < -0.4 is 31.1 Å². The molecule has 17 rings (SSSR count). The molecule has 2 spiro atoms. The Morgan fingerprint density at radius 3 is 1.03 bits per heavy atom. The van der Waals surface area contributed by atoms with Crippen LogP contribution in [0.15, 0.2) is 218 Å². The van der Waals surface area contributed by atoms with Crippen molar-refractivity contribution in [2.45, 2.75) is 10.8 Å². The predicted molar refractivity (Wildman–Crippen MR) is 270 cm³/mol. The predicted octanol–water partition coefficient (Wildman–Crippen LogP) is 12.9. The Hall–Kier alpha value is -8.34. The Balaban J connectivity index is 1.07. The van der Waals surface area contributed by atoms with Gasteiger partial charge in [-0.05, 0) is 132 Å². The molecule has 66 heavy (non-hydrogen) atoms. The van der Waals surface area contributed by atoms with Crippen molar-refractivity contribution >= 4 is 74.3 Å². The van der Waals surface area contributed by atoms with Crippen LogP contribution in [-0.4, -0.2) is 6.71 Å². The minimum Gasteiger partial charge on any atom is -0.311 e. The van der Waals surface area contributed by atoms with Gasteiger partial charge in [-0.1, -0.05) is 170 Å². The highest BCUT2D eigenvalue weighted by molar-refractivity contribution is 7.02. The van der Waals surface area contributed by atoms with Crippen molar-refractivity contribution in [3.05, 3.63) is 263 Å². The van der Waals surface area contributed by atoms with E-state index in [0.29, 0.717) is 0 Å². The van der Waals surface area contributed by atoms with E-state index in [0.717, 1.165) is 5.69 Å². The first-order chi connectivity index (χ1) is 32.8. The maximum absolute atomic E-state index is 2.66. The molecule has 0 atom stereocenters. The summed E-state index contributed by atoms with van der Waals surface area (Å²) in [7, 11) is 0. The lowest BCUT2D eigenvalue weighted by Crippen LogP contribution is -2.66. The molecule has 0 radical (unpaired) electrons. The Kier molecular flexibility index (Phi) is 5.94. The Labute approximate surface area is 383 Å². The van der Waals surface area contributed by atoms with E-state index in [2.05, 4.69) is 233 Å². The summed E-state index contributed by atoms with van der Waals surface area (Å²) in [6.07, 6.45) is 0. The van der Waals surface area contributed by atoms with Gasteiger partial charge in [0.15, 0.2) is 0 Å². The van der Waals surface area contributed by atoms with Gasteiger partial charge in [0.1, 0.15) is 0 Å². The number of hydrogen-bond acceptors (Lipinski definition) is 3. The first-order valence-corrected chi connectivity index (χ1v) is 23.3. The largest absolute Gasteiger partial charge is 0.311 e. The zero-order valence-corrected chi connectivity index (χ0v) is 35.7. The summed E-state index contributed by atoms with van der Waals surface area (Å²) in [5, 5.41) is 0. The van der Waals surface area contributed by atoms with Crippen LogP contribution in [0.4, 0.5) is 51.2 Å². The molecular formula is C62H36BN3. The summed E-state index contributed by atoms with van der Waals surface area (Å²) in [4.78, 5) is 7.92. The zero-order valence-electron chi connectivity index (χ0n) is 35.7. The molecule has 0 saturated heterocycles. The van der Waals surface area contributed by atoms with Gasteiger partial charge in [0, 0.05) is 39.8 Å². The van der Waals surface area contributed by atoms with Crippen molar-refractivity contribution in [1.82, 2.24) is 0 Å². The summed E-state index contributed by atoms with van der Waals surface area (Å²) in [5.41, 5.74) is 30.4. The Morgan fingerprint density at radius 2 is 0.591 bits per heavy atom. The fourth-order valence-corrected chi connectivity index (χ4v) is 14.5. The number of fused-ring (bicyclic) bond motifs is 20. The minimum atomic E-state index is -0.519. The first kappa shape index (κ1) is 34.1. The van der Waals surface area contributed by atoms with Crippen LogP contribution in [0.2, 0.25) is 0 Å². The van der Waals surface area contributed by atoms with Crippen molar-refractivity contribution in [3.8, 4) is 22.3 Å². The van der Waals surface area contributed by atoms with Crippen molar-refractivity contribution in [2.24, 2.45) is 0 Å². The molecular weight excluding hydrogens is 798 g/mol. The first-order valence-electron chi connectivity index (χ1n) is 23.3. The molecule has 7 aliphatic rings. The number of hydrogen-bond donors (Lipinski definition) is 0. The molecule has 0 amide bonds. The quantitative estimate of drug-likeness (QED) is 0.153. The van der Waals surface area contributed by atoms with Crippen LogP contribution in [0.25, 0.3) is 22.3 Å². The van der Waals surface area contributed by atoms with Crippen LogP contribution in [0.3, 0.4) is 0 Å². The van der Waals surface area contributed by atoms with E-state index in [9.17, 15) is 0 Å². The van der Waals surface area contributed by atoms with E-state index in [1.54, 1.807) is 0 Å². The van der Waals surface area contributed by atoms with Crippen LogP contribution in [-0.2, 0) is 10.8 Å². The monoisotopic (exact) mass is 833 g/mol. The molecule has 5 aliphatic heterocycles. The standard InChI is InChI=1S/C62H36BN3/c1-2-17-37(18-3-1)64-54-35-33-48-59-57(54)63-56-52(65(59)50-29-14-12-27-46(50)61(48)42-23-8-4-19-38(42)39-20-5-9-24-43(39)61)31-16-32-53(56)66-51-30-15-13-28-47(51)62(49-34-36-55(64)58(63)60(49)66)44-25-10-6-21-40(44)41-22-7-11-26-45(41)62/h1-36H. The molecule has 2 aliphatic carbocycles. The number of para-hydroxylation sites is 3. The third kappa shape index (κ3) is 3.51. The third-order valence-electron chi connectivity index (χ3n) is 16.6. The van der Waals surface area contributed by atoms with Crippen molar-refractivity contribution in [2.75, 3.05) is 14.7 Å². The second kappa shape index (κ2) is 11.5. The normalized spacial score (nSPS) is 16.0. The van der Waals surface area contributed by atoms with Crippen molar-refractivity contribution in [3.63, 3.8) is 0 Å². The second-order valence-electron chi connectivity index (χ2n) is 19.0. The SMILES string of the molecule is c1ccc(N2c3ccc4c5c3B3c6c(cccc6N6c7ccccc7C7(c8ccccc8-c8ccccc87)c7ccc2c3c76)N5c2ccccc2C42c3ccccc3-c3ccccc32)cc1. The van der Waals surface area contributed by atoms with Gasteiger partial charge in [0.05, 0.1) is 22.2 Å². The zero-order chi connectivity index (χ0) is 42.6. The fourth-order valence-electron chi connectivity index (χ4n) is 14.5. The number of benzene rings is 10. The molecule has 0 aromatic heterocycles. The van der Waals surface area contributed by atoms with Gasteiger partial charge >= 0.3 is 0 Å². The molecule has 10 aromatic carbocycles. The topological polar surface area (TPSA) is 9.72 Å². The second-order valence-corrected chi connectivity index (χ2v) is 19.0. The Morgan fingerprint density at radius 1 is 0.242 bits per heavy atom. The smallest absolute Gasteiger partial charge is 0.257 e. The number of anilines is 9. The van der Waals surface area contributed by atoms with Gasteiger partial charge in [-0.2, -0.15) is 0 Å². The molecule has 0 fully saturated rings. The van der Waals surface area contributed by atoms with Gasteiger partial charge in [0.25, 0.3) is 6.71 Å². The number of rotatable bonds is 1. The van der Waals surface area contributed by atoms with E-state index in [-0.39, 0.29) is 6.71 Å². The molecule has 302 valence electrons. The molecule has 0 N–H and O–H groups in total. The van der Waals surface area contributed by atoms with Gasteiger partial charge < -0.3 is 14.7 Å². The molecule has 0 unspecified atom stereocenters. The van der Waals surface area contributed by atoms with Crippen LogP contribution >= 0.6 is 0 Å². The minimum absolute atomic E-state index is 0.0260. The van der Waals surface area contributed by atoms with Gasteiger partial charge in [0.2, 0.25) is 0 Å². The van der Waals surface area contributed by atoms with E-state index in [4.69, 9.17) is 0 Å². The van der Waals surface area contributed by atoms with E-state index >= 15 is 0 Å². The maximum atomic E-state index is 2.66. The van der Waals surface area contributed by atoms with Gasteiger partial charge in [-0.15, -0.1) is 0 Å². The third-order valence-corrected chi connectivity index (χ3v) is 16.6. The highest BCUT2D eigenvalue weighted by Gasteiger charge is 2.60. The van der Waals surface area contributed by atoms with Gasteiger partial charge in [-0.3, -0.25) is 0 Å². The lowest BCUT2D eigenvalue weighted by molar-refractivity contribution is 0.751. The van der Waals surface area contributed by atoms with E-state index in [1.807, 2.05) is 0 Å². The molecule has 0 saturated carbocycles. The lowest BCUT2D eigenvalue weighted by atomic mass is 9.31. The van der Waals surface area contributed by atoms with Gasteiger partial charge in [-0.25, -0.2) is 0 Å². The highest BCUT2D eigenvalue weighted by Crippen LogP contribution is 2.68. The summed E-state index contributed by atoms with van der Waals surface area (Å²) < 4.78 is 0. The van der Waals surface area contributed by atoms with Crippen LogP contribution in [0.5, 0.6) is 0 Å². The summed E-state index contributed by atoms with van der Waals surface area (Å²) in [5.74, 6) is 0. The number of nitrogens with zero attached hydrogens (tertiary/aromatic N) is 3. The summed E-state index contributed by atoms with van der Waals surface area (Å²) >= 11 is 0. The Bertz CT molecular complexity index is 3570. The molecule has 3 nitrogen and oxygen atoms in total. The molecule has 5 heterocycles. The van der Waals surface area contributed by atoms with E-state index in [1.165, 1.54) is 129 Å². The summed E-state index contributed by atoms with van der Waals surface area (Å²) in [6.45, 7) is -0.0260. The average Bonchev–Trinajstić information content (AvgIpc) is 3.85. The fraction of sp³-hybridized carbons (Fsp3) is 0.0323. The lowest BCUT2D eigenvalue weighted by Gasteiger charge is -2.55. The summed E-state index contributed by atoms with van der Waals surface area (Å²) in [6, 6.07) is 83.5. The molecule has 4 heteroatoms.